The maximum atomic E-state index is 11.3. The van der Waals surface area contributed by atoms with Crippen molar-refractivity contribution in [3.63, 3.8) is 0 Å². The van der Waals surface area contributed by atoms with Crippen molar-refractivity contribution in [1.82, 2.24) is 4.98 Å². The molecular weight excluding hydrogens is 406 g/mol. The number of hydrogen-bond donors (Lipinski definition) is 2. The highest BCUT2D eigenvalue weighted by atomic mass is 79.9. The van der Waals surface area contributed by atoms with Gasteiger partial charge in [-0.15, -0.1) is 11.3 Å². The maximum Gasteiger partial charge on any atom is 0.323 e. The summed E-state index contributed by atoms with van der Waals surface area (Å²) in [6.45, 7) is 2.03. The summed E-state index contributed by atoms with van der Waals surface area (Å²) >= 11 is 8.98. The van der Waals surface area contributed by atoms with Crippen LogP contribution >= 0.6 is 39.9 Å². The van der Waals surface area contributed by atoms with Crippen molar-refractivity contribution in [3.05, 3.63) is 63.6 Å². The first-order valence-electron chi connectivity index (χ1n) is 7.20. The van der Waals surface area contributed by atoms with Gasteiger partial charge in [0.1, 0.15) is 5.01 Å². The average Bonchev–Trinajstić information content (AvgIpc) is 3.00. The highest BCUT2D eigenvalue weighted by Crippen LogP contribution is 2.40. The minimum absolute atomic E-state index is 0.485. The number of benzene rings is 2. The largest absolute Gasteiger partial charge is 0.480 e. The second kappa shape index (κ2) is 7.09. The van der Waals surface area contributed by atoms with Crippen LogP contribution in [0.1, 0.15) is 15.8 Å². The van der Waals surface area contributed by atoms with Crippen molar-refractivity contribution in [2.75, 3.05) is 0 Å². The predicted molar refractivity (Wildman–Crippen MR) is 105 cm³/mol. The molecular formula is C18H14BrNO2S2. The van der Waals surface area contributed by atoms with Gasteiger partial charge in [0, 0.05) is 10.0 Å². The number of aryl methyl sites for hydroxylation is 1. The summed E-state index contributed by atoms with van der Waals surface area (Å²) in [5.41, 5.74) is 3.92. The van der Waals surface area contributed by atoms with E-state index in [9.17, 15) is 9.90 Å². The highest BCUT2D eigenvalue weighted by Gasteiger charge is 2.23. The number of thiol groups is 1. The van der Waals surface area contributed by atoms with Gasteiger partial charge >= 0.3 is 5.97 Å². The van der Waals surface area contributed by atoms with Gasteiger partial charge in [0.25, 0.3) is 0 Å². The van der Waals surface area contributed by atoms with Gasteiger partial charge < -0.3 is 5.11 Å². The Labute approximate surface area is 157 Å². The zero-order valence-electron chi connectivity index (χ0n) is 12.7. The van der Waals surface area contributed by atoms with Gasteiger partial charge in [0.2, 0.25) is 0 Å². The Morgan fingerprint density at radius 2 is 1.71 bits per heavy atom. The number of rotatable bonds is 4. The molecule has 0 fully saturated rings. The maximum absolute atomic E-state index is 11.3. The molecule has 0 aliphatic rings. The molecule has 1 N–H and O–H groups in total. The lowest BCUT2D eigenvalue weighted by Crippen LogP contribution is -2.04. The summed E-state index contributed by atoms with van der Waals surface area (Å²) in [5, 5.41) is 8.79. The number of aliphatic carboxylic acids is 1. The third-order valence-electron chi connectivity index (χ3n) is 3.54. The van der Waals surface area contributed by atoms with E-state index in [1.54, 1.807) is 0 Å². The second-order valence-corrected chi connectivity index (χ2v) is 7.81. The molecule has 3 nitrogen and oxygen atoms in total. The molecule has 2 aromatic carbocycles. The third kappa shape index (κ3) is 3.55. The molecule has 0 aliphatic heterocycles. The van der Waals surface area contributed by atoms with Gasteiger partial charge in [-0.25, -0.2) is 4.98 Å². The molecule has 0 amide bonds. The van der Waals surface area contributed by atoms with Crippen molar-refractivity contribution in [1.29, 1.82) is 0 Å². The van der Waals surface area contributed by atoms with E-state index in [4.69, 9.17) is 0 Å². The van der Waals surface area contributed by atoms with Crippen LogP contribution < -0.4 is 0 Å². The predicted octanol–water partition coefficient (Wildman–Crippen LogP) is 5.60. The average molecular weight is 420 g/mol. The summed E-state index contributed by atoms with van der Waals surface area (Å²) in [6, 6.07) is 16.0. The first kappa shape index (κ1) is 17.2. The van der Waals surface area contributed by atoms with E-state index in [0.29, 0.717) is 5.01 Å². The Hall–Kier alpha value is -1.63. The van der Waals surface area contributed by atoms with Crippen LogP contribution in [0, 0.1) is 6.92 Å². The smallest absolute Gasteiger partial charge is 0.323 e. The van der Waals surface area contributed by atoms with Crippen LogP contribution in [-0.4, -0.2) is 16.1 Å². The first-order chi connectivity index (χ1) is 11.5. The van der Waals surface area contributed by atoms with Crippen molar-refractivity contribution < 1.29 is 9.90 Å². The first-order valence-corrected chi connectivity index (χ1v) is 9.33. The fourth-order valence-electron chi connectivity index (χ4n) is 2.26. The van der Waals surface area contributed by atoms with E-state index < -0.39 is 11.2 Å². The summed E-state index contributed by atoms with van der Waals surface area (Å²) < 4.78 is 0.991. The Morgan fingerprint density at radius 1 is 1.12 bits per heavy atom. The van der Waals surface area contributed by atoms with Crippen LogP contribution in [0.5, 0.6) is 0 Å². The number of carboxylic acid groups (broad SMARTS) is 1. The third-order valence-corrected chi connectivity index (χ3v) is 5.88. The molecule has 0 saturated heterocycles. The Balaban J connectivity index is 2.16. The number of nitrogens with zero attached hydrogens (tertiary/aromatic N) is 1. The van der Waals surface area contributed by atoms with E-state index in [1.807, 2.05) is 55.5 Å². The molecule has 1 aromatic heterocycles. The van der Waals surface area contributed by atoms with Gasteiger partial charge in [0.05, 0.1) is 10.6 Å². The van der Waals surface area contributed by atoms with Crippen molar-refractivity contribution in [2.24, 2.45) is 0 Å². The number of carboxylic acids is 1. The van der Waals surface area contributed by atoms with Gasteiger partial charge in [-0.1, -0.05) is 57.9 Å². The second-order valence-electron chi connectivity index (χ2n) is 5.34. The van der Waals surface area contributed by atoms with Crippen LogP contribution in [0.2, 0.25) is 0 Å². The lowest BCUT2D eigenvalue weighted by molar-refractivity contribution is -0.136. The molecule has 6 heteroatoms. The van der Waals surface area contributed by atoms with Gasteiger partial charge in [-0.3, -0.25) is 4.79 Å². The molecule has 3 aromatic rings. The highest BCUT2D eigenvalue weighted by molar-refractivity contribution is 9.10. The quantitative estimate of drug-likeness (QED) is 0.540. The number of halogens is 1. The van der Waals surface area contributed by atoms with E-state index in [-0.39, 0.29) is 0 Å². The lowest BCUT2D eigenvalue weighted by atomic mass is 10.1. The van der Waals surface area contributed by atoms with Gasteiger partial charge in [-0.05, 0) is 24.6 Å². The molecule has 0 spiro atoms. The van der Waals surface area contributed by atoms with Crippen LogP contribution in [0.3, 0.4) is 0 Å². The lowest BCUT2D eigenvalue weighted by Gasteiger charge is -2.04. The van der Waals surface area contributed by atoms with Crippen molar-refractivity contribution in [2.45, 2.75) is 12.2 Å². The molecule has 0 radical (unpaired) electrons. The zero-order chi connectivity index (χ0) is 17.3. The standard InChI is InChI=1S/C18H14BrNO2S2/c1-10-2-4-11(5-3-10)14-16(12-6-8-13(19)9-7-12)24-17(20-14)15(23)18(21)22/h2-9,15,23H,1H3,(H,21,22). The van der Waals surface area contributed by atoms with Crippen LogP contribution in [0.25, 0.3) is 21.7 Å². The van der Waals surface area contributed by atoms with Crippen LogP contribution in [-0.2, 0) is 4.79 Å². The van der Waals surface area contributed by atoms with E-state index >= 15 is 0 Å². The minimum atomic E-state index is -0.995. The summed E-state index contributed by atoms with van der Waals surface area (Å²) in [7, 11) is 0. The van der Waals surface area contributed by atoms with Gasteiger partial charge in [0.15, 0.2) is 5.25 Å². The molecule has 0 aliphatic carbocycles. The summed E-state index contributed by atoms with van der Waals surface area (Å²) in [4.78, 5) is 16.8. The molecule has 1 unspecified atom stereocenters. The fraction of sp³-hybridized carbons (Fsp3) is 0.111. The minimum Gasteiger partial charge on any atom is -0.480 e. The normalized spacial score (nSPS) is 12.1. The Kier molecular flexibility index (Phi) is 5.08. The topological polar surface area (TPSA) is 50.2 Å². The van der Waals surface area contributed by atoms with Crippen molar-refractivity contribution in [3.8, 4) is 21.7 Å². The molecule has 0 bridgehead atoms. The fourth-order valence-corrected chi connectivity index (χ4v) is 3.82. The molecule has 1 atom stereocenters. The summed E-state index contributed by atoms with van der Waals surface area (Å²) in [5.74, 6) is -0.995. The van der Waals surface area contributed by atoms with Crippen LogP contribution in [0.4, 0.5) is 0 Å². The molecule has 1 heterocycles. The van der Waals surface area contributed by atoms with Gasteiger partial charge in [-0.2, -0.15) is 12.6 Å². The van der Waals surface area contributed by atoms with Crippen molar-refractivity contribution >= 4 is 45.9 Å². The molecule has 24 heavy (non-hydrogen) atoms. The monoisotopic (exact) mass is 419 g/mol. The van der Waals surface area contributed by atoms with E-state index in [0.717, 1.165) is 31.7 Å². The molecule has 3 rings (SSSR count). The number of carbonyl (C=O) groups is 1. The molecule has 122 valence electrons. The Morgan fingerprint density at radius 3 is 2.29 bits per heavy atom. The zero-order valence-corrected chi connectivity index (χ0v) is 16.0. The van der Waals surface area contributed by atoms with E-state index in [2.05, 4.69) is 33.5 Å². The SMILES string of the molecule is Cc1ccc(-c2nc(C(S)C(=O)O)sc2-c2ccc(Br)cc2)cc1. The van der Waals surface area contributed by atoms with E-state index in [1.165, 1.54) is 11.3 Å². The summed E-state index contributed by atoms with van der Waals surface area (Å²) in [6.07, 6.45) is 0. The number of thiazole rings is 1. The molecule has 0 saturated carbocycles. The number of hydrogen-bond acceptors (Lipinski definition) is 4. The number of aromatic nitrogens is 1. The van der Waals surface area contributed by atoms with Crippen LogP contribution in [0.15, 0.2) is 53.0 Å². The Bertz CT molecular complexity index is 810.